The van der Waals surface area contributed by atoms with E-state index in [0.717, 1.165) is 44.2 Å². The molecule has 0 amide bonds. The molecule has 5 rings (SSSR count). The average molecular weight is 321 g/mol. The number of benzene rings is 2. The average Bonchev–Trinajstić information content (AvgIpc) is 3.14. The third-order valence-electron chi connectivity index (χ3n) is 4.36. The van der Waals surface area contributed by atoms with E-state index in [2.05, 4.69) is 21.0 Å². The second kappa shape index (κ2) is 5.11. The van der Waals surface area contributed by atoms with Gasteiger partial charge in [-0.1, -0.05) is 0 Å². The fourth-order valence-corrected chi connectivity index (χ4v) is 3.18. The van der Waals surface area contributed by atoms with Crippen LogP contribution in [0.25, 0.3) is 44.2 Å². The number of nitrogens with zero attached hydrogens (tertiary/aromatic N) is 4. The zero-order chi connectivity index (χ0) is 16.8. The van der Waals surface area contributed by atoms with Crippen molar-refractivity contribution < 1.29 is 0 Å². The van der Waals surface area contributed by atoms with Crippen molar-refractivity contribution in [3.8, 4) is 17.5 Å². The highest BCUT2D eigenvalue weighted by Gasteiger charge is 2.14. The third-order valence-corrected chi connectivity index (χ3v) is 4.36. The van der Waals surface area contributed by atoms with Gasteiger partial charge in [0, 0.05) is 28.7 Å². The van der Waals surface area contributed by atoms with Gasteiger partial charge in [-0.2, -0.15) is 5.26 Å². The summed E-state index contributed by atoms with van der Waals surface area (Å²) in [4.78, 5) is 17.3. The Morgan fingerprint density at radius 2 is 1.48 bits per heavy atom. The Kier molecular flexibility index (Phi) is 2.79. The summed E-state index contributed by atoms with van der Waals surface area (Å²) < 4.78 is 0. The van der Waals surface area contributed by atoms with Gasteiger partial charge in [-0.3, -0.25) is 9.97 Å². The SMILES string of the molecule is N#Cc1ccc(-c2nc3c4cccnc4c4ncccc4c3[nH]2)cc1. The Morgan fingerprint density at radius 1 is 0.800 bits per heavy atom. The van der Waals surface area contributed by atoms with Crippen molar-refractivity contribution in [3.05, 3.63) is 66.5 Å². The van der Waals surface area contributed by atoms with Gasteiger partial charge in [0.15, 0.2) is 0 Å². The molecule has 0 aliphatic rings. The summed E-state index contributed by atoms with van der Waals surface area (Å²) in [6.45, 7) is 0. The van der Waals surface area contributed by atoms with Crippen molar-refractivity contribution in [2.24, 2.45) is 0 Å². The number of aromatic nitrogens is 4. The highest BCUT2D eigenvalue weighted by Crippen LogP contribution is 2.33. The number of imidazole rings is 1. The van der Waals surface area contributed by atoms with E-state index in [1.54, 1.807) is 24.5 Å². The molecule has 25 heavy (non-hydrogen) atoms. The Balaban J connectivity index is 1.88. The molecule has 2 aromatic carbocycles. The van der Waals surface area contributed by atoms with Crippen LogP contribution in [0.5, 0.6) is 0 Å². The molecule has 116 valence electrons. The molecule has 3 heterocycles. The quantitative estimate of drug-likeness (QED) is 0.469. The largest absolute Gasteiger partial charge is 0.337 e. The second-order valence-electron chi connectivity index (χ2n) is 5.80. The lowest BCUT2D eigenvalue weighted by atomic mass is 10.1. The van der Waals surface area contributed by atoms with Crippen LogP contribution in [0.4, 0.5) is 0 Å². The summed E-state index contributed by atoms with van der Waals surface area (Å²) in [5.74, 6) is 0.765. The molecule has 0 unspecified atom stereocenters. The van der Waals surface area contributed by atoms with Crippen molar-refractivity contribution in [2.75, 3.05) is 0 Å². The Hall–Kier alpha value is -3.78. The first kappa shape index (κ1) is 13.6. The Morgan fingerprint density at radius 3 is 2.20 bits per heavy atom. The maximum atomic E-state index is 8.96. The predicted molar refractivity (Wildman–Crippen MR) is 96.8 cm³/mol. The molecule has 5 nitrogen and oxygen atoms in total. The van der Waals surface area contributed by atoms with Gasteiger partial charge in [0.1, 0.15) is 5.82 Å². The molecule has 0 saturated heterocycles. The van der Waals surface area contributed by atoms with Crippen LogP contribution in [0.15, 0.2) is 60.9 Å². The molecule has 0 bridgehead atoms. The highest BCUT2D eigenvalue weighted by molar-refractivity contribution is 6.20. The first-order valence-electron chi connectivity index (χ1n) is 7.87. The molecule has 0 saturated carbocycles. The van der Waals surface area contributed by atoms with Gasteiger partial charge < -0.3 is 4.98 Å². The molecule has 1 N–H and O–H groups in total. The fraction of sp³-hybridized carbons (Fsp3) is 0. The van der Waals surface area contributed by atoms with E-state index in [1.807, 2.05) is 36.4 Å². The van der Waals surface area contributed by atoms with E-state index in [0.29, 0.717) is 5.56 Å². The lowest BCUT2D eigenvalue weighted by Crippen LogP contribution is -1.86. The standard InChI is InChI=1S/C20H11N5/c21-11-12-5-7-13(8-6-12)20-24-18-14-3-1-9-22-16(14)17-15(19(18)25-20)4-2-10-23-17/h1-10H,(H,24,25). The van der Waals surface area contributed by atoms with Gasteiger partial charge in [-0.05, 0) is 48.5 Å². The summed E-state index contributed by atoms with van der Waals surface area (Å²) in [7, 11) is 0. The summed E-state index contributed by atoms with van der Waals surface area (Å²) in [6.07, 6.45) is 3.55. The topological polar surface area (TPSA) is 78.2 Å². The maximum absolute atomic E-state index is 8.96. The molecule has 0 spiro atoms. The van der Waals surface area contributed by atoms with Crippen molar-refractivity contribution in [1.29, 1.82) is 5.26 Å². The van der Waals surface area contributed by atoms with Gasteiger partial charge in [-0.25, -0.2) is 4.98 Å². The zero-order valence-corrected chi connectivity index (χ0v) is 13.1. The second-order valence-corrected chi connectivity index (χ2v) is 5.80. The number of fused-ring (bicyclic) bond motifs is 6. The number of hydrogen-bond acceptors (Lipinski definition) is 4. The molecule has 0 fully saturated rings. The van der Waals surface area contributed by atoms with Crippen molar-refractivity contribution >= 4 is 32.8 Å². The summed E-state index contributed by atoms with van der Waals surface area (Å²) in [5, 5.41) is 10.9. The molecule has 5 aromatic rings. The van der Waals surface area contributed by atoms with Crippen LogP contribution in [0.1, 0.15) is 5.56 Å². The smallest absolute Gasteiger partial charge is 0.138 e. The van der Waals surface area contributed by atoms with Crippen molar-refractivity contribution in [2.45, 2.75) is 0 Å². The number of nitrogens with one attached hydrogen (secondary N) is 1. The van der Waals surface area contributed by atoms with E-state index in [-0.39, 0.29) is 0 Å². The number of H-pyrrole nitrogens is 1. The summed E-state index contributed by atoms with van der Waals surface area (Å²) >= 11 is 0. The summed E-state index contributed by atoms with van der Waals surface area (Å²) in [5.41, 5.74) is 5.10. The normalized spacial score (nSPS) is 11.2. The van der Waals surface area contributed by atoms with Crippen LogP contribution in [-0.2, 0) is 0 Å². The third kappa shape index (κ3) is 1.98. The van der Waals surface area contributed by atoms with Crippen LogP contribution in [-0.4, -0.2) is 19.9 Å². The van der Waals surface area contributed by atoms with Crippen molar-refractivity contribution in [3.63, 3.8) is 0 Å². The van der Waals surface area contributed by atoms with E-state index < -0.39 is 0 Å². The first-order chi connectivity index (χ1) is 12.3. The van der Waals surface area contributed by atoms with E-state index in [9.17, 15) is 0 Å². The minimum atomic E-state index is 0.629. The van der Waals surface area contributed by atoms with Crippen LogP contribution >= 0.6 is 0 Å². The predicted octanol–water partition coefficient (Wildman–Crippen LogP) is 4.20. The molecular weight excluding hydrogens is 310 g/mol. The van der Waals surface area contributed by atoms with Gasteiger partial charge in [0.25, 0.3) is 0 Å². The lowest BCUT2D eigenvalue weighted by Gasteiger charge is -2.03. The Labute approximate surface area is 142 Å². The molecular formula is C20H11N5. The van der Waals surface area contributed by atoms with E-state index >= 15 is 0 Å². The number of rotatable bonds is 1. The monoisotopic (exact) mass is 321 g/mol. The molecule has 5 heteroatoms. The van der Waals surface area contributed by atoms with E-state index in [1.165, 1.54) is 0 Å². The first-order valence-corrected chi connectivity index (χ1v) is 7.87. The van der Waals surface area contributed by atoms with Crippen LogP contribution in [0, 0.1) is 11.3 Å². The molecule has 0 radical (unpaired) electrons. The number of aromatic amines is 1. The van der Waals surface area contributed by atoms with Gasteiger partial charge in [0.2, 0.25) is 0 Å². The fourth-order valence-electron chi connectivity index (χ4n) is 3.18. The summed E-state index contributed by atoms with van der Waals surface area (Å²) in [6, 6.07) is 17.4. The number of hydrogen-bond donors (Lipinski definition) is 1. The molecule has 0 aliphatic heterocycles. The van der Waals surface area contributed by atoms with Gasteiger partial charge in [0.05, 0.1) is 33.7 Å². The number of nitriles is 1. The maximum Gasteiger partial charge on any atom is 0.138 e. The molecule has 0 atom stereocenters. The Bertz CT molecular complexity index is 1220. The van der Waals surface area contributed by atoms with Crippen LogP contribution < -0.4 is 0 Å². The van der Waals surface area contributed by atoms with E-state index in [4.69, 9.17) is 10.2 Å². The lowest BCUT2D eigenvalue weighted by molar-refractivity contribution is 1.34. The molecule has 0 aliphatic carbocycles. The van der Waals surface area contributed by atoms with Gasteiger partial charge in [-0.15, -0.1) is 0 Å². The van der Waals surface area contributed by atoms with Crippen LogP contribution in [0.2, 0.25) is 0 Å². The molecule has 3 aromatic heterocycles. The minimum Gasteiger partial charge on any atom is -0.337 e. The minimum absolute atomic E-state index is 0.629. The van der Waals surface area contributed by atoms with Crippen molar-refractivity contribution in [1.82, 2.24) is 19.9 Å². The number of pyridine rings is 2. The van der Waals surface area contributed by atoms with Gasteiger partial charge >= 0.3 is 0 Å². The zero-order valence-electron chi connectivity index (χ0n) is 13.1. The van der Waals surface area contributed by atoms with Crippen LogP contribution in [0.3, 0.4) is 0 Å². The highest BCUT2D eigenvalue weighted by atomic mass is 14.9.